The first kappa shape index (κ1) is 17.6. The average Bonchev–Trinajstić information content (AvgIpc) is 3.01. The second kappa shape index (κ2) is 8.22. The number of aromatic nitrogens is 2. The molecule has 0 bridgehead atoms. The summed E-state index contributed by atoms with van der Waals surface area (Å²) in [4.78, 5) is 30.0. The molecule has 11 heteroatoms. The highest BCUT2D eigenvalue weighted by Gasteiger charge is 2.16. The number of amides is 1. The molecule has 2 heterocycles. The molecule has 0 saturated carbocycles. The van der Waals surface area contributed by atoms with Gasteiger partial charge < -0.3 is 15.0 Å². The number of aromatic amines is 2. The lowest BCUT2D eigenvalue weighted by atomic mass is 10.3. The zero-order chi connectivity index (χ0) is 16.8. The maximum absolute atomic E-state index is 11.7. The number of hydrogen-bond acceptors (Lipinski definition) is 7. The summed E-state index contributed by atoms with van der Waals surface area (Å²) in [6.45, 7) is 1.87. The number of thiocarbonyl (C=S) groups is 1. The van der Waals surface area contributed by atoms with E-state index in [4.69, 9.17) is 24.4 Å². The number of nitrogens with zero attached hydrogens (tertiary/aromatic N) is 2. The summed E-state index contributed by atoms with van der Waals surface area (Å²) in [5.41, 5.74) is 1.55. The predicted octanol–water partition coefficient (Wildman–Crippen LogP) is 0.702. The van der Waals surface area contributed by atoms with Crippen LogP contribution in [0.3, 0.4) is 0 Å². The Morgan fingerprint density at radius 2 is 2.13 bits per heavy atom. The van der Waals surface area contributed by atoms with Crippen molar-refractivity contribution in [3.63, 3.8) is 0 Å². The lowest BCUT2D eigenvalue weighted by molar-refractivity contribution is -0.118. The molecule has 124 valence electrons. The van der Waals surface area contributed by atoms with Gasteiger partial charge in [0.05, 0.1) is 12.0 Å². The van der Waals surface area contributed by atoms with E-state index in [9.17, 15) is 14.7 Å². The van der Waals surface area contributed by atoms with Gasteiger partial charge in [0.2, 0.25) is 5.88 Å². The Morgan fingerprint density at radius 3 is 2.78 bits per heavy atom. The molecule has 1 aromatic rings. The number of hydrazone groups is 1. The molecule has 1 aliphatic rings. The number of hydrogen-bond donors (Lipinski definition) is 4. The average molecular weight is 373 g/mol. The standard InChI is InChI=1S/C12H15N5O3S3/c18-8(6-23-12(22)17-3-1-2-4-17)16-13-5-7-9(19)14-11(21)15-10(7)20/h5H,1-4,6H2,(H,16,18)(H3,14,15,19,20,21)/b13-5+. The highest BCUT2D eigenvalue weighted by atomic mass is 32.2. The first-order chi connectivity index (χ1) is 11.0. The normalized spacial score (nSPS) is 14.3. The number of carbonyl (C=O) groups excluding carboxylic acids is 1. The van der Waals surface area contributed by atoms with Gasteiger partial charge >= 0.3 is 0 Å². The van der Waals surface area contributed by atoms with Crippen molar-refractivity contribution in [1.82, 2.24) is 20.3 Å². The van der Waals surface area contributed by atoms with E-state index in [-0.39, 0.29) is 22.0 Å². The van der Waals surface area contributed by atoms with Crippen LogP contribution in [0, 0.1) is 4.77 Å². The molecule has 0 aliphatic carbocycles. The Kier molecular flexibility index (Phi) is 6.30. The minimum atomic E-state index is -0.603. The first-order valence-corrected chi connectivity index (χ1v) is 8.57. The van der Waals surface area contributed by atoms with Crippen LogP contribution in [0.1, 0.15) is 18.4 Å². The van der Waals surface area contributed by atoms with Crippen LogP contribution in [0.15, 0.2) is 9.90 Å². The minimum absolute atomic E-state index is 0.000473. The Morgan fingerprint density at radius 1 is 1.43 bits per heavy atom. The Hall–Kier alpha value is -1.72. The van der Waals surface area contributed by atoms with Crippen LogP contribution >= 0.6 is 36.2 Å². The summed E-state index contributed by atoms with van der Waals surface area (Å²) in [6.07, 6.45) is 3.28. The van der Waals surface area contributed by atoms with E-state index >= 15 is 0 Å². The summed E-state index contributed by atoms with van der Waals surface area (Å²) < 4.78 is 0.701. The van der Waals surface area contributed by atoms with Crippen LogP contribution in [0.2, 0.25) is 0 Å². The van der Waals surface area contributed by atoms with Gasteiger partial charge in [-0.2, -0.15) is 5.10 Å². The van der Waals surface area contributed by atoms with E-state index in [2.05, 4.69) is 25.4 Å². The van der Waals surface area contributed by atoms with Gasteiger partial charge in [0.25, 0.3) is 11.5 Å². The first-order valence-electron chi connectivity index (χ1n) is 6.76. The Bertz CT molecular complexity index is 736. The van der Waals surface area contributed by atoms with Crippen LogP contribution < -0.4 is 11.0 Å². The van der Waals surface area contributed by atoms with Gasteiger partial charge in [-0.05, 0) is 25.1 Å². The third-order valence-corrected chi connectivity index (χ3v) is 4.76. The van der Waals surface area contributed by atoms with Gasteiger partial charge in [0.15, 0.2) is 4.77 Å². The summed E-state index contributed by atoms with van der Waals surface area (Å²) in [5.74, 6) is -0.638. The summed E-state index contributed by atoms with van der Waals surface area (Å²) in [5, 5.41) is 13.2. The molecule has 0 unspecified atom stereocenters. The van der Waals surface area contributed by atoms with E-state index in [1.165, 1.54) is 11.8 Å². The fraction of sp³-hybridized carbons (Fsp3) is 0.417. The highest BCUT2D eigenvalue weighted by Crippen LogP contribution is 2.15. The predicted molar refractivity (Wildman–Crippen MR) is 95.5 cm³/mol. The molecule has 4 N–H and O–H groups in total. The zero-order valence-corrected chi connectivity index (χ0v) is 14.4. The summed E-state index contributed by atoms with van der Waals surface area (Å²) >= 11 is 11.2. The molecule has 1 aliphatic heterocycles. The second-order valence-corrected chi connectivity index (χ2v) is 6.73. The minimum Gasteiger partial charge on any atom is -0.494 e. The van der Waals surface area contributed by atoms with Crippen LogP contribution in [-0.4, -0.2) is 55.3 Å². The van der Waals surface area contributed by atoms with Crippen LogP contribution in [0.25, 0.3) is 0 Å². The van der Waals surface area contributed by atoms with Gasteiger partial charge in [-0.25, -0.2) is 5.43 Å². The fourth-order valence-electron chi connectivity index (χ4n) is 1.92. The monoisotopic (exact) mass is 373 g/mol. The number of rotatable bonds is 4. The molecule has 0 aromatic carbocycles. The molecule has 1 fully saturated rings. The third kappa shape index (κ3) is 5.15. The molecular formula is C12H15N5O3S3. The number of thioether (sulfide) groups is 1. The van der Waals surface area contributed by atoms with Crippen molar-refractivity contribution in [2.24, 2.45) is 5.10 Å². The maximum Gasteiger partial charge on any atom is 0.264 e. The van der Waals surface area contributed by atoms with Crippen LogP contribution in [0.5, 0.6) is 5.88 Å². The third-order valence-electron chi connectivity index (χ3n) is 3.03. The molecule has 0 spiro atoms. The lowest BCUT2D eigenvalue weighted by Gasteiger charge is -2.16. The molecule has 1 saturated heterocycles. The van der Waals surface area contributed by atoms with Crippen molar-refractivity contribution in [2.45, 2.75) is 12.8 Å². The summed E-state index contributed by atoms with van der Waals surface area (Å²) in [7, 11) is 0. The maximum atomic E-state index is 11.7. The van der Waals surface area contributed by atoms with Gasteiger partial charge in [-0.3, -0.25) is 14.6 Å². The van der Waals surface area contributed by atoms with Gasteiger partial charge in [0, 0.05) is 13.1 Å². The molecule has 2 rings (SSSR count). The van der Waals surface area contributed by atoms with Crippen molar-refractivity contribution in [1.29, 1.82) is 0 Å². The highest BCUT2D eigenvalue weighted by molar-refractivity contribution is 8.23. The molecule has 1 aromatic heterocycles. The lowest BCUT2D eigenvalue weighted by Crippen LogP contribution is -2.26. The van der Waals surface area contributed by atoms with Crippen LogP contribution in [0.4, 0.5) is 0 Å². The number of nitrogens with one attached hydrogen (secondary N) is 3. The molecular weight excluding hydrogens is 358 g/mol. The largest absolute Gasteiger partial charge is 0.494 e. The zero-order valence-electron chi connectivity index (χ0n) is 12.0. The molecule has 0 radical (unpaired) electrons. The van der Waals surface area contributed by atoms with E-state index in [1.807, 2.05) is 0 Å². The second-order valence-electron chi connectivity index (χ2n) is 4.71. The van der Waals surface area contributed by atoms with E-state index in [0.29, 0.717) is 4.32 Å². The van der Waals surface area contributed by atoms with Crippen molar-refractivity contribution in [3.8, 4) is 5.88 Å². The number of likely N-dealkylation sites (tertiary alicyclic amines) is 1. The van der Waals surface area contributed by atoms with Crippen molar-refractivity contribution in [3.05, 3.63) is 20.7 Å². The van der Waals surface area contributed by atoms with E-state index < -0.39 is 11.4 Å². The molecule has 0 atom stereocenters. The smallest absolute Gasteiger partial charge is 0.264 e. The van der Waals surface area contributed by atoms with Gasteiger partial charge in [0.1, 0.15) is 9.88 Å². The van der Waals surface area contributed by atoms with Crippen molar-refractivity contribution in [2.75, 3.05) is 18.8 Å². The Labute approximate surface area is 146 Å². The molecule has 1 amide bonds. The van der Waals surface area contributed by atoms with Gasteiger partial charge in [-0.15, -0.1) is 0 Å². The topological polar surface area (TPSA) is 114 Å². The fourth-order valence-corrected chi connectivity index (χ4v) is 3.16. The Balaban J connectivity index is 1.83. The summed E-state index contributed by atoms with van der Waals surface area (Å²) in [6, 6.07) is 0. The number of aromatic hydroxyl groups is 1. The van der Waals surface area contributed by atoms with Crippen molar-refractivity contribution >= 4 is 52.6 Å². The molecule has 23 heavy (non-hydrogen) atoms. The van der Waals surface area contributed by atoms with E-state index in [1.54, 1.807) is 0 Å². The number of carbonyl (C=O) groups is 1. The quantitative estimate of drug-likeness (QED) is 0.349. The van der Waals surface area contributed by atoms with Crippen molar-refractivity contribution < 1.29 is 9.90 Å². The van der Waals surface area contributed by atoms with E-state index in [0.717, 1.165) is 32.1 Å². The SMILES string of the molecule is O=C(CSC(=S)N1CCCC1)N/N=C/c1c(O)[nH]c(=S)[nH]c1=O. The van der Waals surface area contributed by atoms with Crippen LogP contribution in [-0.2, 0) is 4.79 Å². The number of H-pyrrole nitrogens is 2. The van der Waals surface area contributed by atoms with Gasteiger partial charge in [-0.1, -0.05) is 24.0 Å². The molecule has 8 nitrogen and oxygen atoms in total.